The first-order valence-corrected chi connectivity index (χ1v) is 6.12. The van der Waals surface area contributed by atoms with E-state index in [0.29, 0.717) is 0 Å². The first-order chi connectivity index (χ1) is 7.65. The van der Waals surface area contributed by atoms with Crippen LogP contribution in [0.5, 0.6) is 0 Å². The van der Waals surface area contributed by atoms with Crippen molar-refractivity contribution in [1.29, 1.82) is 0 Å². The number of benzene rings is 1. The molecule has 0 N–H and O–H groups in total. The molecule has 1 rings (SSSR count). The van der Waals surface area contributed by atoms with Gasteiger partial charge in [0.15, 0.2) is 0 Å². The first-order valence-electron chi connectivity index (χ1n) is 5.24. The number of rotatable bonds is 4. The Morgan fingerprint density at radius 3 is 2.44 bits per heavy atom. The normalized spacial score (nSPS) is 12.1. The van der Waals surface area contributed by atoms with Crippen LogP contribution in [-0.4, -0.2) is 7.11 Å². The van der Waals surface area contributed by atoms with Crippen LogP contribution >= 0.6 is 11.8 Å². The molecule has 0 aromatic heterocycles. The molecule has 16 heavy (non-hydrogen) atoms. The molecule has 0 bridgehead atoms. The first kappa shape index (κ1) is 12.9. The standard InChI is InChI=1S/C14H18OS/c1-11(8-9-15-4)10-16-14-12(2)6-5-7-13(14)3/h5-10H,1-4H3/b9-8+,11-10+. The highest BCUT2D eigenvalue weighted by Crippen LogP contribution is 2.27. The Hall–Kier alpha value is -1.15. The largest absolute Gasteiger partial charge is 0.504 e. The minimum Gasteiger partial charge on any atom is -0.504 e. The van der Waals surface area contributed by atoms with E-state index < -0.39 is 0 Å². The van der Waals surface area contributed by atoms with E-state index in [-0.39, 0.29) is 0 Å². The number of ether oxygens (including phenoxy) is 1. The van der Waals surface area contributed by atoms with Gasteiger partial charge in [-0.1, -0.05) is 30.0 Å². The number of allylic oxidation sites excluding steroid dienone is 2. The second kappa shape index (κ2) is 6.44. The lowest BCUT2D eigenvalue weighted by Gasteiger charge is -2.06. The third kappa shape index (κ3) is 3.78. The molecule has 0 atom stereocenters. The lowest BCUT2D eigenvalue weighted by Crippen LogP contribution is -1.82. The fourth-order valence-electron chi connectivity index (χ4n) is 1.35. The summed E-state index contributed by atoms with van der Waals surface area (Å²) in [4.78, 5) is 1.34. The van der Waals surface area contributed by atoms with E-state index in [4.69, 9.17) is 4.74 Å². The lowest BCUT2D eigenvalue weighted by atomic mass is 10.2. The van der Waals surface area contributed by atoms with Gasteiger partial charge in [0.25, 0.3) is 0 Å². The molecular formula is C14H18OS. The van der Waals surface area contributed by atoms with E-state index in [1.54, 1.807) is 25.1 Å². The van der Waals surface area contributed by atoms with Crippen LogP contribution in [0.3, 0.4) is 0 Å². The maximum atomic E-state index is 4.88. The van der Waals surface area contributed by atoms with Crippen LogP contribution in [0, 0.1) is 13.8 Å². The van der Waals surface area contributed by atoms with Gasteiger partial charge in [-0.2, -0.15) is 0 Å². The fourth-order valence-corrected chi connectivity index (χ4v) is 2.24. The fraction of sp³-hybridized carbons (Fsp3) is 0.286. The second-order valence-corrected chi connectivity index (χ2v) is 4.62. The summed E-state index contributed by atoms with van der Waals surface area (Å²) in [6, 6.07) is 6.38. The Bertz CT molecular complexity index is 385. The maximum absolute atomic E-state index is 4.88. The van der Waals surface area contributed by atoms with Gasteiger partial charge in [-0.15, -0.1) is 0 Å². The van der Waals surface area contributed by atoms with E-state index in [2.05, 4.69) is 44.4 Å². The minimum absolute atomic E-state index is 1.19. The van der Waals surface area contributed by atoms with Crippen LogP contribution in [-0.2, 0) is 4.74 Å². The number of hydrogen-bond donors (Lipinski definition) is 0. The summed E-state index contributed by atoms with van der Waals surface area (Å²) in [6.07, 6.45) is 3.65. The molecule has 0 unspecified atom stereocenters. The average molecular weight is 234 g/mol. The van der Waals surface area contributed by atoms with Crippen LogP contribution < -0.4 is 0 Å². The Balaban J connectivity index is 2.78. The third-order valence-electron chi connectivity index (χ3n) is 2.24. The maximum Gasteiger partial charge on any atom is 0.0827 e. The molecule has 86 valence electrons. The zero-order valence-electron chi connectivity index (χ0n) is 10.3. The SMILES string of the molecule is CO/C=C/C(C)=C/Sc1c(C)cccc1C. The molecule has 0 aliphatic heterocycles. The molecule has 0 spiro atoms. The van der Waals surface area contributed by atoms with Crippen LogP contribution in [0.4, 0.5) is 0 Å². The number of hydrogen-bond acceptors (Lipinski definition) is 2. The van der Waals surface area contributed by atoms with Crippen LogP contribution in [0.1, 0.15) is 18.1 Å². The Morgan fingerprint density at radius 1 is 1.25 bits per heavy atom. The van der Waals surface area contributed by atoms with Crippen molar-refractivity contribution in [2.45, 2.75) is 25.7 Å². The van der Waals surface area contributed by atoms with Crippen molar-refractivity contribution >= 4 is 11.8 Å². The number of aryl methyl sites for hydroxylation is 2. The van der Waals surface area contributed by atoms with Crippen LogP contribution in [0.25, 0.3) is 0 Å². The molecule has 2 heteroatoms. The van der Waals surface area contributed by atoms with Gasteiger partial charge in [0.2, 0.25) is 0 Å². The van der Waals surface area contributed by atoms with Crippen molar-refractivity contribution in [3.05, 3.63) is 52.6 Å². The lowest BCUT2D eigenvalue weighted by molar-refractivity contribution is 0.338. The van der Waals surface area contributed by atoms with E-state index in [0.717, 1.165) is 0 Å². The Morgan fingerprint density at radius 2 is 1.88 bits per heavy atom. The highest BCUT2D eigenvalue weighted by Gasteiger charge is 2.00. The monoisotopic (exact) mass is 234 g/mol. The Kier molecular flexibility index (Phi) is 5.20. The van der Waals surface area contributed by atoms with Crippen LogP contribution in [0.15, 0.2) is 46.4 Å². The second-order valence-electron chi connectivity index (χ2n) is 3.74. The van der Waals surface area contributed by atoms with Crippen molar-refractivity contribution < 1.29 is 4.74 Å². The number of methoxy groups -OCH3 is 1. The number of thioether (sulfide) groups is 1. The summed E-state index contributed by atoms with van der Waals surface area (Å²) < 4.78 is 4.88. The Labute approximate surface area is 102 Å². The van der Waals surface area contributed by atoms with Gasteiger partial charge in [0.1, 0.15) is 0 Å². The van der Waals surface area contributed by atoms with E-state index >= 15 is 0 Å². The highest BCUT2D eigenvalue weighted by atomic mass is 32.2. The van der Waals surface area contributed by atoms with E-state index in [1.165, 1.54) is 21.6 Å². The molecule has 1 nitrogen and oxygen atoms in total. The molecular weight excluding hydrogens is 216 g/mol. The molecule has 0 radical (unpaired) electrons. The molecule has 0 amide bonds. The molecule has 0 heterocycles. The van der Waals surface area contributed by atoms with Crippen molar-refractivity contribution in [2.75, 3.05) is 7.11 Å². The van der Waals surface area contributed by atoms with Crippen LogP contribution in [0.2, 0.25) is 0 Å². The molecule has 1 aromatic carbocycles. The summed E-state index contributed by atoms with van der Waals surface area (Å²) in [5.41, 5.74) is 3.84. The predicted molar refractivity (Wildman–Crippen MR) is 71.7 cm³/mol. The minimum atomic E-state index is 1.19. The van der Waals surface area contributed by atoms with Gasteiger partial charge in [-0.3, -0.25) is 0 Å². The summed E-state index contributed by atoms with van der Waals surface area (Å²) >= 11 is 1.76. The molecule has 0 aliphatic rings. The predicted octanol–water partition coefficient (Wildman–Crippen LogP) is 4.46. The van der Waals surface area contributed by atoms with Gasteiger partial charge in [0.05, 0.1) is 13.4 Å². The summed E-state index contributed by atoms with van der Waals surface area (Å²) in [5.74, 6) is 0. The smallest absolute Gasteiger partial charge is 0.0827 e. The molecule has 0 aliphatic carbocycles. The van der Waals surface area contributed by atoms with Crippen molar-refractivity contribution in [3.63, 3.8) is 0 Å². The molecule has 0 saturated carbocycles. The van der Waals surface area contributed by atoms with E-state index in [1.807, 2.05) is 6.08 Å². The zero-order valence-corrected chi connectivity index (χ0v) is 11.1. The average Bonchev–Trinajstić information content (AvgIpc) is 2.25. The zero-order chi connectivity index (χ0) is 12.0. The quantitative estimate of drug-likeness (QED) is 0.432. The highest BCUT2D eigenvalue weighted by molar-refractivity contribution is 8.02. The van der Waals surface area contributed by atoms with Gasteiger partial charge >= 0.3 is 0 Å². The van der Waals surface area contributed by atoms with E-state index in [9.17, 15) is 0 Å². The summed E-state index contributed by atoms with van der Waals surface area (Å²) in [6.45, 7) is 6.35. The van der Waals surface area contributed by atoms with Gasteiger partial charge in [-0.05, 0) is 49.0 Å². The topological polar surface area (TPSA) is 9.23 Å². The van der Waals surface area contributed by atoms with Gasteiger partial charge < -0.3 is 4.74 Å². The van der Waals surface area contributed by atoms with Gasteiger partial charge in [-0.25, -0.2) is 0 Å². The molecule has 1 aromatic rings. The van der Waals surface area contributed by atoms with Crippen molar-refractivity contribution in [1.82, 2.24) is 0 Å². The van der Waals surface area contributed by atoms with Gasteiger partial charge in [0, 0.05) is 4.90 Å². The third-order valence-corrected chi connectivity index (χ3v) is 3.61. The molecule has 0 fully saturated rings. The molecule has 0 saturated heterocycles. The summed E-state index contributed by atoms with van der Waals surface area (Å²) in [7, 11) is 1.66. The van der Waals surface area contributed by atoms with Crippen molar-refractivity contribution in [3.8, 4) is 0 Å². The summed E-state index contributed by atoms with van der Waals surface area (Å²) in [5, 5.41) is 2.14. The van der Waals surface area contributed by atoms with Crippen molar-refractivity contribution in [2.24, 2.45) is 0 Å².